The Kier molecular flexibility index (Phi) is 14.0. The predicted octanol–water partition coefficient (Wildman–Crippen LogP) is 11.7. The number of hydrogen-bond donors (Lipinski definition) is 2. The number of nitrogens with one attached hydrogen (secondary N) is 2. The first-order valence-corrected chi connectivity index (χ1v) is 17.1. The lowest BCUT2D eigenvalue weighted by Crippen LogP contribution is -2.13. The lowest BCUT2D eigenvalue weighted by atomic mass is 10.1. The van der Waals surface area contributed by atoms with Gasteiger partial charge < -0.3 is 10.6 Å². The van der Waals surface area contributed by atoms with Gasteiger partial charge in [-0.3, -0.25) is 9.59 Å². The monoisotopic (exact) mass is 693 g/mol. The standard InChI is InChI=1S/C15H14ClN.2C15H15NO/c1-11-7-6-8-12(2)14(11)17-15(16)13-9-4-3-5-10-13;2*1-11-7-6-8-12(2)14(11)16-15(17)13-9-4-3-5-10-13/h3-10H,1-2H3;2*3-10H,1-2H3,(H,16,17). The van der Waals surface area contributed by atoms with E-state index in [1.807, 2.05) is 187 Å². The van der Waals surface area contributed by atoms with Crippen LogP contribution in [0.5, 0.6) is 0 Å². The number of halogens is 1. The summed E-state index contributed by atoms with van der Waals surface area (Å²) >= 11 is 6.23. The molecule has 5 nitrogen and oxygen atoms in total. The van der Waals surface area contributed by atoms with Crippen molar-refractivity contribution >= 4 is 45.6 Å². The second kappa shape index (κ2) is 18.8. The van der Waals surface area contributed by atoms with E-state index in [1.165, 1.54) is 0 Å². The van der Waals surface area contributed by atoms with Crippen molar-refractivity contribution in [1.29, 1.82) is 0 Å². The van der Waals surface area contributed by atoms with Crippen molar-refractivity contribution in [2.24, 2.45) is 4.99 Å². The maximum atomic E-state index is 12.0. The molecular formula is C45H44ClN3O2. The van der Waals surface area contributed by atoms with E-state index >= 15 is 0 Å². The second-order valence-electron chi connectivity index (χ2n) is 12.2. The Morgan fingerprint density at radius 3 is 1.04 bits per heavy atom. The van der Waals surface area contributed by atoms with Crippen LogP contribution in [0.15, 0.2) is 151 Å². The summed E-state index contributed by atoms with van der Waals surface area (Å²) in [6.07, 6.45) is 0. The molecule has 6 heteroatoms. The first-order valence-electron chi connectivity index (χ1n) is 16.8. The number of carbonyl (C=O) groups excluding carboxylic acids is 2. The molecule has 0 aliphatic rings. The van der Waals surface area contributed by atoms with Crippen LogP contribution in [-0.4, -0.2) is 17.0 Å². The Hall–Kier alpha value is -5.78. The smallest absolute Gasteiger partial charge is 0.255 e. The van der Waals surface area contributed by atoms with Gasteiger partial charge in [0.1, 0.15) is 5.17 Å². The zero-order valence-corrected chi connectivity index (χ0v) is 30.8. The summed E-state index contributed by atoms with van der Waals surface area (Å²) in [5, 5.41) is 6.44. The zero-order chi connectivity index (χ0) is 36.8. The van der Waals surface area contributed by atoms with Crippen LogP contribution in [0.1, 0.15) is 59.7 Å². The summed E-state index contributed by atoms with van der Waals surface area (Å²) in [5.41, 5.74) is 11.6. The van der Waals surface area contributed by atoms with Gasteiger partial charge >= 0.3 is 0 Å². The van der Waals surface area contributed by atoms with Gasteiger partial charge in [0.25, 0.3) is 11.8 Å². The quantitative estimate of drug-likeness (QED) is 0.170. The van der Waals surface area contributed by atoms with Gasteiger partial charge in [0, 0.05) is 28.1 Å². The SMILES string of the molecule is Cc1cccc(C)c1N=C(Cl)c1ccccc1.Cc1cccc(C)c1NC(=O)c1ccccc1.Cc1cccc(C)c1NC(=O)c1ccccc1. The number of benzene rings is 6. The average Bonchev–Trinajstić information content (AvgIpc) is 3.14. The molecule has 0 radical (unpaired) electrons. The molecule has 0 aromatic heterocycles. The summed E-state index contributed by atoms with van der Waals surface area (Å²) in [4.78, 5) is 28.5. The molecule has 2 N–H and O–H groups in total. The van der Waals surface area contributed by atoms with Crippen molar-refractivity contribution in [3.63, 3.8) is 0 Å². The Morgan fingerprint density at radius 1 is 0.412 bits per heavy atom. The van der Waals surface area contributed by atoms with Gasteiger partial charge in [-0.25, -0.2) is 4.99 Å². The van der Waals surface area contributed by atoms with Gasteiger partial charge in [0.2, 0.25) is 0 Å². The van der Waals surface area contributed by atoms with E-state index in [4.69, 9.17) is 11.6 Å². The molecule has 0 saturated carbocycles. The molecule has 51 heavy (non-hydrogen) atoms. The van der Waals surface area contributed by atoms with Gasteiger partial charge in [-0.2, -0.15) is 0 Å². The number of aliphatic imine (C=N–C) groups is 1. The summed E-state index contributed by atoms with van der Waals surface area (Å²) in [6, 6.07) is 46.3. The number of amides is 2. The molecule has 6 aromatic carbocycles. The molecule has 0 bridgehead atoms. The third-order valence-electron chi connectivity index (χ3n) is 8.17. The average molecular weight is 694 g/mol. The third kappa shape index (κ3) is 11.1. The summed E-state index contributed by atoms with van der Waals surface area (Å²) in [7, 11) is 0. The fraction of sp³-hybridized carbons (Fsp3) is 0.133. The first-order chi connectivity index (χ1) is 24.5. The van der Waals surface area contributed by atoms with Crippen LogP contribution < -0.4 is 10.6 Å². The number of aryl methyl sites for hydroxylation is 6. The van der Waals surface area contributed by atoms with Crippen molar-refractivity contribution in [3.8, 4) is 0 Å². The molecule has 0 fully saturated rings. The molecule has 0 heterocycles. The number of para-hydroxylation sites is 3. The molecule has 0 aliphatic carbocycles. The van der Waals surface area contributed by atoms with E-state index in [1.54, 1.807) is 0 Å². The fourth-order valence-electron chi connectivity index (χ4n) is 5.29. The number of carbonyl (C=O) groups is 2. The Morgan fingerprint density at radius 2 is 0.706 bits per heavy atom. The second-order valence-corrected chi connectivity index (χ2v) is 12.5. The highest BCUT2D eigenvalue weighted by Crippen LogP contribution is 2.25. The molecule has 0 aliphatic heterocycles. The summed E-state index contributed by atoms with van der Waals surface area (Å²) in [5.74, 6) is -0.133. The maximum absolute atomic E-state index is 12.0. The van der Waals surface area contributed by atoms with Crippen molar-refractivity contribution in [2.45, 2.75) is 41.5 Å². The fourth-order valence-corrected chi connectivity index (χ4v) is 5.50. The van der Waals surface area contributed by atoms with E-state index in [0.29, 0.717) is 16.3 Å². The van der Waals surface area contributed by atoms with E-state index in [0.717, 1.165) is 56.0 Å². The van der Waals surface area contributed by atoms with E-state index in [-0.39, 0.29) is 11.8 Å². The Balaban J connectivity index is 0.000000172. The molecule has 6 aromatic rings. The van der Waals surface area contributed by atoms with Crippen molar-refractivity contribution in [3.05, 3.63) is 196 Å². The topological polar surface area (TPSA) is 70.6 Å². The van der Waals surface area contributed by atoms with Crippen molar-refractivity contribution in [2.75, 3.05) is 10.6 Å². The van der Waals surface area contributed by atoms with Gasteiger partial charge in [-0.05, 0) is 99.2 Å². The minimum atomic E-state index is -0.0667. The Labute approximate surface area is 307 Å². The number of anilines is 2. The van der Waals surface area contributed by atoms with Crippen LogP contribution in [0.4, 0.5) is 17.1 Å². The summed E-state index contributed by atoms with van der Waals surface area (Å²) in [6.45, 7) is 12.1. The third-order valence-corrected chi connectivity index (χ3v) is 8.48. The number of nitrogens with zero attached hydrogens (tertiary/aromatic N) is 1. The molecule has 2 amide bonds. The van der Waals surface area contributed by atoms with Crippen LogP contribution in [0.3, 0.4) is 0 Å². The van der Waals surface area contributed by atoms with Crippen LogP contribution in [-0.2, 0) is 0 Å². The summed E-state index contributed by atoms with van der Waals surface area (Å²) < 4.78 is 0. The number of rotatable bonds is 6. The van der Waals surface area contributed by atoms with Crippen molar-refractivity contribution in [1.82, 2.24) is 0 Å². The van der Waals surface area contributed by atoms with Gasteiger partial charge in [-0.1, -0.05) is 133 Å². The van der Waals surface area contributed by atoms with Crippen LogP contribution in [0.25, 0.3) is 0 Å². The maximum Gasteiger partial charge on any atom is 0.255 e. The van der Waals surface area contributed by atoms with Crippen LogP contribution >= 0.6 is 11.6 Å². The van der Waals surface area contributed by atoms with Crippen molar-refractivity contribution < 1.29 is 9.59 Å². The molecular weight excluding hydrogens is 650 g/mol. The minimum absolute atomic E-state index is 0.0667. The Bertz CT molecular complexity index is 1930. The van der Waals surface area contributed by atoms with E-state index < -0.39 is 0 Å². The van der Waals surface area contributed by atoms with Gasteiger partial charge in [0.05, 0.1) is 5.69 Å². The predicted molar refractivity (Wildman–Crippen MR) is 215 cm³/mol. The molecule has 258 valence electrons. The highest BCUT2D eigenvalue weighted by atomic mass is 35.5. The molecule has 6 rings (SSSR count). The lowest BCUT2D eigenvalue weighted by molar-refractivity contribution is 0.101. The highest BCUT2D eigenvalue weighted by molar-refractivity contribution is 6.69. The number of hydrogen-bond acceptors (Lipinski definition) is 3. The molecule has 0 atom stereocenters. The van der Waals surface area contributed by atoms with Gasteiger partial charge in [-0.15, -0.1) is 0 Å². The van der Waals surface area contributed by atoms with Crippen LogP contribution in [0.2, 0.25) is 0 Å². The molecule has 0 spiro atoms. The lowest BCUT2D eigenvalue weighted by Gasteiger charge is -2.11. The molecule has 0 saturated heterocycles. The van der Waals surface area contributed by atoms with E-state index in [2.05, 4.69) is 15.6 Å². The first kappa shape index (κ1) is 38.0. The highest BCUT2D eigenvalue weighted by Gasteiger charge is 2.10. The van der Waals surface area contributed by atoms with Crippen LogP contribution in [0, 0.1) is 41.5 Å². The van der Waals surface area contributed by atoms with E-state index in [9.17, 15) is 9.59 Å². The minimum Gasteiger partial charge on any atom is -0.322 e. The largest absolute Gasteiger partial charge is 0.322 e. The zero-order valence-electron chi connectivity index (χ0n) is 30.0. The molecule has 0 unspecified atom stereocenters. The van der Waals surface area contributed by atoms with Gasteiger partial charge in [0.15, 0.2) is 0 Å². The normalized spacial score (nSPS) is 10.5.